The third kappa shape index (κ3) is 2.05. The van der Waals surface area contributed by atoms with E-state index in [2.05, 4.69) is 9.97 Å². The average molecular weight is 252 g/mol. The predicted molar refractivity (Wildman–Crippen MR) is 67.1 cm³/mol. The SMILES string of the molecule is Cc1nc(-c2cscn2)sc1C(=O)C(C)C. The van der Waals surface area contributed by atoms with Gasteiger partial charge in [-0.2, -0.15) is 0 Å². The van der Waals surface area contributed by atoms with Gasteiger partial charge >= 0.3 is 0 Å². The van der Waals surface area contributed by atoms with Crippen molar-refractivity contribution in [1.82, 2.24) is 9.97 Å². The smallest absolute Gasteiger partial charge is 0.177 e. The first-order valence-corrected chi connectivity index (χ1v) is 6.75. The summed E-state index contributed by atoms with van der Waals surface area (Å²) in [4.78, 5) is 21.3. The average Bonchev–Trinajstić information content (AvgIpc) is 2.84. The van der Waals surface area contributed by atoms with E-state index in [9.17, 15) is 4.79 Å². The molecule has 84 valence electrons. The summed E-state index contributed by atoms with van der Waals surface area (Å²) < 4.78 is 0. The maximum absolute atomic E-state index is 11.9. The Balaban J connectivity index is 2.40. The molecule has 2 heterocycles. The van der Waals surface area contributed by atoms with Crippen molar-refractivity contribution in [2.45, 2.75) is 20.8 Å². The Bertz CT molecular complexity index is 500. The highest BCUT2D eigenvalue weighted by Gasteiger charge is 2.19. The number of aryl methyl sites for hydroxylation is 1. The van der Waals surface area contributed by atoms with Gasteiger partial charge in [-0.05, 0) is 6.92 Å². The first-order chi connectivity index (χ1) is 7.59. The Morgan fingerprint density at radius 1 is 1.44 bits per heavy atom. The second-order valence-electron chi connectivity index (χ2n) is 3.83. The summed E-state index contributed by atoms with van der Waals surface area (Å²) in [6.45, 7) is 5.69. The number of ketones is 1. The lowest BCUT2D eigenvalue weighted by atomic mass is 10.1. The van der Waals surface area contributed by atoms with Crippen molar-refractivity contribution >= 4 is 28.5 Å². The van der Waals surface area contributed by atoms with Gasteiger partial charge in [0.05, 0.1) is 16.1 Å². The molecule has 0 fully saturated rings. The molecule has 3 nitrogen and oxygen atoms in total. The van der Waals surface area contributed by atoms with E-state index in [4.69, 9.17) is 0 Å². The fourth-order valence-corrected chi connectivity index (χ4v) is 3.05. The van der Waals surface area contributed by atoms with Crippen LogP contribution in [-0.2, 0) is 0 Å². The number of hydrogen-bond donors (Lipinski definition) is 0. The van der Waals surface area contributed by atoms with E-state index in [1.807, 2.05) is 26.2 Å². The van der Waals surface area contributed by atoms with Crippen LogP contribution in [0.1, 0.15) is 29.2 Å². The van der Waals surface area contributed by atoms with Gasteiger partial charge in [0.25, 0.3) is 0 Å². The molecule has 0 saturated heterocycles. The highest BCUT2D eigenvalue weighted by atomic mass is 32.1. The number of rotatable bonds is 3. The van der Waals surface area contributed by atoms with Crippen LogP contribution in [0.5, 0.6) is 0 Å². The van der Waals surface area contributed by atoms with Gasteiger partial charge in [-0.3, -0.25) is 4.79 Å². The van der Waals surface area contributed by atoms with Crippen molar-refractivity contribution < 1.29 is 4.79 Å². The third-order valence-electron chi connectivity index (χ3n) is 2.20. The zero-order valence-electron chi connectivity index (χ0n) is 9.35. The van der Waals surface area contributed by atoms with E-state index >= 15 is 0 Å². The first kappa shape index (κ1) is 11.4. The molecule has 0 spiro atoms. The van der Waals surface area contributed by atoms with Crippen LogP contribution in [0.4, 0.5) is 0 Å². The van der Waals surface area contributed by atoms with Crippen molar-refractivity contribution in [3.63, 3.8) is 0 Å². The minimum Gasteiger partial charge on any atom is -0.293 e. The summed E-state index contributed by atoms with van der Waals surface area (Å²) in [6, 6.07) is 0. The van der Waals surface area contributed by atoms with Crippen molar-refractivity contribution in [3.8, 4) is 10.7 Å². The van der Waals surface area contributed by atoms with Gasteiger partial charge in [0, 0.05) is 11.3 Å². The molecule has 0 N–H and O–H groups in total. The molecule has 0 aliphatic heterocycles. The number of aromatic nitrogens is 2. The first-order valence-electron chi connectivity index (χ1n) is 4.99. The molecule has 0 bridgehead atoms. The molecule has 2 aromatic rings. The van der Waals surface area contributed by atoms with Crippen LogP contribution in [-0.4, -0.2) is 15.8 Å². The van der Waals surface area contributed by atoms with E-state index < -0.39 is 0 Å². The summed E-state index contributed by atoms with van der Waals surface area (Å²) in [5.41, 5.74) is 3.45. The highest BCUT2D eigenvalue weighted by Crippen LogP contribution is 2.29. The summed E-state index contributed by atoms with van der Waals surface area (Å²) in [6.07, 6.45) is 0. The second-order valence-corrected chi connectivity index (χ2v) is 5.54. The van der Waals surface area contributed by atoms with Gasteiger partial charge in [0.1, 0.15) is 10.7 Å². The number of hydrogen-bond acceptors (Lipinski definition) is 5. The Kier molecular flexibility index (Phi) is 3.16. The van der Waals surface area contributed by atoms with Crippen molar-refractivity contribution in [2.75, 3.05) is 0 Å². The third-order valence-corrected chi connectivity index (χ3v) is 3.98. The summed E-state index contributed by atoms with van der Waals surface area (Å²) in [7, 11) is 0. The predicted octanol–water partition coefficient (Wildman–Crippen LogP) is 3.41. The van der Waals surface area contributed by atoms with E-state index in [0.717, 1.165) is 21.3 Å². The van der Waals surface area contributed by atoms with Gasteiger partial charge in [0.2, 0.25) is 0 Å². The van der Waals surface area contributed by atoms with Crippen LogP contribution >= 0.6 is 22.7 Å². The molecule has 0 unspecified atom stereocenters. The molecule has 0 saturated carbocycles. The molecule has 0 amide bonds. The van der Waals surface area contributed by atoms with Gasteiger partial charge in [-0.1, -0.05) is 13.8 Å². The maximum Gasteiger partial charge on any atom is 0.177 e. The second kappa shape index (κ2) is 4.43. The maximum atomic E-state index is 11.9. The minimum atomic E-state index is 0.0161. The number of thiazole rings is 2. The Labute approximate surface area is 102 Å². The van der Waals surface area contributed by atoms with Crippen LogP contribution in [0.2, 0.25) is 0 Å². The van der Waals surface area contributed by atoms with Crippen molar-refractivity contribution in [3.05, 3.63) is 21.5 Å². The number of nitrogens with zero attached hydrogens (tertiary/aromatic N) is 2. The lowest BCUT2D eigenvalue weighted by Crippen LogP contribution is -2.06. The van der Waals surface area contributed by atoms with E-state index in [-0.39, 0.29) is 11.7 Å². The zero-order valence-corrected chi connectivity index (χ0v) is 11.0. The number of carbonyl (C=O) groups excluding carboxylic acids is 1. The van der Waals surface area contributed by atoms with Crippen LogP contribution in [0.15, 0.2) is 10.9 Å². The summed E-state index contributed by atoms with van der Waals surface area (Å²) >= 11 is 2.97. The zero-order chi connectivity index (χ0) is 11.7. The fourth-order valence-electron chi connectivity index (χ4n) is 1.31. The summed E-state index contributed by atoms with van der Waals surface area (Å²) in [5, 5.41) is 2.78. The van der Waals surface area contributed by atoms with E-state index in [1.54, 1.807) is 5.51 Å². The standard InChI is InChI=1S/C11H12N2OS2/c1-6(2)9(14)10-7(3)13-11(16-10)8-4-15-5-12-8/h4-6H,1-3H3. The molecule has 0 atom stereocenters. The molecule has 0 aliphatic carbocycles. The van der Waals surface area contributed by atoms with Crippen molar-refractivity contribution in [1.29, 1.82) is 0 Å². The quantitative estimate of drug-likeness (QED) is 0.786. The number of carbonyl (C=O) groups is 1. The Morgan fingerprint density at radius 2 is 2.19 bits per heavy atom. The Morgan fingerprint density at radius 3 is 2.75 bits per heavy atom. The van der Waals surface area contributed by atoms with Crippen molar-refractivity contribution in [2.24, 2.45) is 5.92 Å². The molecule has 16 heavy (non-hydrogen) atoms. The van der Waals surface area contributed by atoms with Gasteiger partial charge in [-0.15, -0.1) is 22.7 Å². The van der Waals surface area contributed by atoms with Gasteiger partial charge in [-0.25, -0.2) is 9.97 Å². The lowest BCUT2D eigenvalue weighted by Gasteiger charge is -2.00. The van der Waals surface area contributed by atoms with Gasteiger partial charge < -0.3 is 0 Å². The fraction of sp³-hybridized carbons (Fsp3) is 0.364. The van der Waals surface area contributed by atoms with E-state index in [1.165, 1.54) is 22.7 Å². The van der Waals surface area contributed by atoms with Crippen LogP contribution < -0.4 is 0 Å². The molecule has 5 heteroatoms. The number of Topliss-reactive ketones (excluding diaryl/α,β-unsaturated/α-hetero) is 1. The minimum absolute atomic E-state index is 0.0161. The molecule has 0 radical (unpaired) electrons. The topological polar surface area (TPSA) is 42.9 Å². The molecule has 0 aromatic carbocycles. The largest absolute Gasteiger partial charge is 0.293 e. The van der Waals surface area contributed by atoms with Crippen LogP contribution in [0.25, 0.3) is 10.7 Å². The van der Waals surface area contributed by atoms with Crippen LogP contribution in [0.3, 0.4) is 0 Å². The monoisotopic (exact) mass is 252 g/mol. The van der Waals surface area contributed by atoms with Crippen LogP contribution in [0, 0.1) is 12.8 Å². The summed E-state index contributed by atoms with van der Waals surface area (Å²) in [5.74, 6) is 0.180. The molecule has 0 aliphatic rings. The van der Waals surface area contributed by atoms with E-state index in [0.29, 0.717) is 0 Å². The molecule has 2 rings (SSSR count). The lowest BCUT2D eigenvalue weighted by molar-refractivity contribution is 0.0942. The Hall–Kier alpha value is -1.07. The molecular weight excluding hydrogens is 240 g/mol. The molecule has 2 aromatic heterocycles. The normalized spacial score (nSPS) is 11.0. The highest BCUT2D eigenvalue weighted by molar-refractivity contribution is 7.17. The van der Waals surface area contributed by atoms with Gasteiger partial charge in [0.15, 0.2) is 5.78 Å². The molecular formula is C11H12N2OS2.